The Labute approximate surface area is 142 Å². The Bertz CT molecular complexity index is 710. The molecule has 24 heavy (non-hydrogen) atoms. The summed E-state index contributed by atoms with van der Waals surface area (Å²) in [6.07, 6.45) is 0.639. The normalized spacial score (nSPS) is 18.7. The van der Waals surface area contributed by atoms with Crippen molar-refractivity contribution in [3.63, 3.8) is 0 Å². The Morgan fingerprint density at radius 1 is 0.833 bits per heavy atom. The summed E-state index contributed by atoms with van der Waals surface area (Å²) in [5.74, 6) is -0.442. The minimum Gasteiger partial charge on any atom is -0.352 e. The first-order chi connectivity index (χ1) is 11.6. The molecule has 0 saturated heterocycles. The van der Waals surface area contributed by atoms with E-state index in [1.54, 1.807) is 0 Å². The van der Waals surface area contributed by atoms with E-state index in [9.17, 15) is 9.59 Å². The number of carbonyl (C=O) groups is 2. The summed E-state index contributed by atoms with van der Waals surface area (Å²) < 4.78 is 0. The largest absolute Gasteiger partial charge is 0.352 e. The number of carbonyl (C=O) groups excluding carboxylic acids is 2. The molecule has 2 aromatic rings. The van der Waals surface area contributed by atoms with Crippen LogP contribution in [0.15, 0.2) is 54.6 Å². The number of hydrogen-bond donors (Lipinski definition) is 2. The molecule has 0 aliphatic heterocycles. The van der Waals surface area contributed by atoms with Crippen molar-refractivity contribution in [2.24, 2.45) is 11.8 Å². The highest BCUT2D eigenvalue weighted by molar-refractivity contribution is 5.92. The third-order valence-electron chi connectivity index (χ3n) is 4.36. The van der Waals surface area contributed by atoms with E-state index in [1.807, 2.05) is 61.5 Å². The minimum atomic E-state index is -0.189. The van der Waals surface area contributed by atoms with Crippen molar-refractivity contribution in [1.29, 1.82) is 0 Å². The molecule has 0 radical (unpaired) electrons. The summed E-state index contributed by atoms with van der Waals surface area (Å²) in [5.41, 5.74) is 3.33. The molecule has 1 fully saturated rings. The Morgan fingerprint density at radius 3 is 1.88 bits per heavy atom. The molecule has 0 heterocycles. The topological polar surface area (TPSA) is 58.2 Å². The van der Waals surface area contributed by atoms with Gasteiger partial charge >= 0.3 is 0 Å². The van der Waals surface area contributed by atoms with E-state index >= 15 is 0 Å². The molecule has 3 rings (SSSR count). The lowest BCUT2D eigenvalue weighted by Gasteiger charge is -2.07. The van der Waals surface area contributed by atoms with Gasteiger partial charge in [0.25, 0.3) is 0 Å². The second kappa shape index (κ2) is 7.30. The van der Waals surface area contributed by atoms with Crippen molar-refractivity contribution in [3.05, 3.63) is 71.3 Å². The molecule has 2 N–H and O–H groups in total. The first-order valence-corrected chi connectivity index (χ1v) is 8.28. The monoisotopic (exact) mass is 322 g/mol. The van der Waals surface area contributed by atoms with Crippen molar-refractivity contribution in [2.45, 2.75) is 26.4 Å². The first kappa shape index (κ1) is 16.2. The predicted molar refractivity (Wildman–Crippen MR) is 92.9 cm³/mol. The molecule has 124 valence electrons. The maximum absolute atomic E-state index is 12.1. The van der Waals surface area contributed by atoms with E-state index in [2.05, 4.69) is 10.6 Å². The van der Waals surface area contributed by atoms with Gasteiger partial charge in [-0.3, -0.25) is 9.59 Å². The van der Waals surface area contributed by atoms with Gasteiger partial charge in [-0.1, -0.05) is 60.2 Å². The van der Waals surface area contributed by atoms with Crippen LogP contribution in [0.3, 0.4) is 0 Å². The summed E-state index contributed by atoms with van der Waals surface area (Å²) in [6, 6.07) is 17.8. The van der Waals surface area contributed by atoms with Crippen LogP contribution in [-0.4, -0.2) is 11.8 Å². The summed E-state index contributed by atoms with van der Waals surface area (Å²) >= 11 is 0. The Balaban J connectivity index is 1.41. The molecular formula is C20H22N2O2. The van der Waals surface area contributed by atoms with Gasteiger partial charge in [-0.05, 0) is 24.5 Å². The second-order valence-corrected chi connectivity index (χ2v) is 6.36. The molecule has 0 aromatic heterocycles. The number of hydrogen-bond acceptors (Lipinski definition) is 2. The lowest BCUT2D eigenvalue weighted by atomic mass is 10.1. The van der Waals surface area contributed by atoms with Gasteiger partial charge in [-0.15, -0.1) is 0 Å². The highest BCUT2D eigenvalue weighted by Crippen LogP contribution is 2.38. The Kier molecular flexibility index (Phi) is 4.94. The molecule has 1 aliphatic carbocycles. The quantitative estimate of drug-likeness (QED) is 0.859. The first-order valence-electron chi connectivity index (χ1n) is 8.28. The predicted octanol–water partition coefficient (Wildman–Crippen LogP) is 2.56. The molecule has 4 nitrogen and oxygen atoms in total. The van der Waals surface area contributed by atoms with E-state index in [1.165, 1.54) is 5.56 Å². The maximum atomic E-state index is 12.1. The van der Waals surface area contributed by atoms with Crippen LogP contribution in [0.5, 0.6) is 0 Å². The van der Waals surface area contributed by atoms with Crippen LogP contribution < -0.4 is 10.6 Å². The average Bonchev–Trinajstić information content (AvgIpc) is 3.41. The van der Waals surface area contributed by atoms with Gasteiger partial charge in [0.1, 0.15) is 0 Å². The van der Waals surface area contributed by atoms with Gasteiger partial charge in [0.05, 0.1) is 11.8 Å². The Hall–Kier alpha value is -2.62. The number of amides is 2. The average molecular weight is 322 g/mol. The fraction of sp³-hybridized carbons (Fsp3) is 0.300. The van der Waals surface area contributed by atoms with Gasteiger partial charge in [0.2, 0.25) is 11.8 Å². The van der Waals surface area contributed by atoms with Crippen LogP contribution >= 0.6 is 0 Å². The van der Waals surface area contributed by atoms with Crippen LogP contribution in [0, 0.1) is 18.8 Å². The summed E-state index contributed by atoms with van der Waals surface area (Å²) in [6.45, 7) is 3.05. The number of nitrogens with one attached hydrogen (secondary N) is 2. The SMILES string of the molecule is Cc1ccc(CNC(=O)C2CC2C(=O)NCc2ccccc2)cc1. The zero-order valence-corrected chi connectivity index (χ0v) is 13.8. The number of benzene rings is 2. The molecule has 2 aromatic carbocycles. The van der Waals surface area contributed by atoms with E-state index in [-0.39, 0.29) is 23.7 Å². The fourth-order valence-corrected chi connectivity index (χ4v) is 2.72. The highest BCUT2D eigenvalue weighted by Gasteiger charge is 2.47. The zero-order valence-electron chi connectivity index (χ0n) is 13.8. The lowest BCUT2D eigenvalue weighted by molar-refractivity contribution is -0.127. The van der Waals surface area contributed by atoms with Crippen LogP contribution in [0.25, 0.3) is 0 Å². The molecule has 0 spiro atoms. The molecule has 2 amide bonds. The molecule has 0 bridgehead atoms. The van der Waals surface area contributed by atoms with Crippen molar-refractivity contribution in [2.75, 3.05) is 0 Å². The van der Waals surface area contributed by atoms with E-state index < -0.39 is 0 Å². The molecular weight excluding hydrogens is 300 g/mol. The van der Waals surface area contributed by atoms with Crippen molar-refractivity contribution < 1.29 is 9.59 Å². The number of rotatable bonds is 6. The molecule has 2 unspecified atom stereocenters. The summed E-state index contributed by atoms with van der Waals surface area (Å²) in [7, 11) is 0. The zero-order chi connectivity index (χ0) is 16.9. The van der Waals surface area contributed by atoms with Crippen LogP contribution in [-0.2, 0) is 22.7 Å². The van der Waals surface area contributed by atoms with Gasteiger partial charge < -0.3 is 10.6 Å². The fourth-order valence-electron chi connectivity index (χ4n) is 2.72. The van der Waals surface area contributed by atoms with Crippen LogP contribution in [0.2, 0.25) is 0 Å². The molecule has 1 aliphatic rings. The minimum absolute atomic E-state index is 0.0320. The van der Waals surface area contributed by atoms with Crippen molar-refractivity contribution >= 4 is 11.8 Å². The van der Waals surface area contributed by atoms with Crippen molar-refractivity contribution in [1.82, 2.24) is 10.6 Å². The van der Waals surface area contributed by atoms with Gasteiger partial charge in [0, 0.05) is 13.1 Å². The smallest absolute Gasteiger partial charge is 0.224 e. The van der Waals surface area contributed by atoms with Crippen LogP contribution in [0.1, 0.15) is 23.1 Å². The standard InChI is InChI=1S/C20H22N2O2/c1-14-7-9-16(10-8-14)13-22-20(24)18-11-17(18)19(23)21-12-15-5-3-2-4-6-15/h2-10,17-18H,11-13H2,1H3,(H,21,23)(H,22,24). The highest BCUT2D eigenvalue weighted by atomic mass is 16.2. The van der Waals surface area contributed by atoms with E-state index in [0.717, 1.165) is 11.1 Å². The number of aryl methyl sites for hydroxylation is 1. The maximum Gasteiger partial charge on any atom is 0.224 e. The summed E-state index contributed by atoms with van der Waals surface area (Å²) in [5, 5.41) is 5.83. The summed E-state index contributed by atoms with van der Waals surface area (Å²) in [4.78, 5) is 24.3. The molecule has 2 atom stereocenters. The van der Waals surface area contributed by atoms with E-state index in [0.29, 0.717) is 19.5 Å². The lowest BCUT2D eigenvalue weighted by Crippen LogP contribution is -2.29. The van der Waals surface area contributed by atoms with Gasteiger partial charge in [-0.25, -0.2) is 0 Å². The Morgan fingerprint density at radius 2 is 1.33 bits per heavy atom. The van der Waals surface area contributed by atoms with E-state index in [4.69, 9.17) is 0 Å². The molecule has 4 heteroatoms. The van der Waals surface area contributed by atoms with Crippen molar-refractivity contribution in [3.8, 4) is 0 Å². The van der Waals surface area contributed by atoms with Gasteiger partial charge in [0.15, 0.2) is 0 Å². The van der Waals surface area contributed by atoms with Gasteiger partial charge in [-0.2, -0.15) is 0 Å². The third kappa shape index (κ3) is 4.22. The van der Waals surface area contributed by atoms with Crippen LogP contribution in [0.4, 0.5) is 0 Å². The molecule has 1 saturated carbocycles. The third-order valence-corrected chi connectivity index (χ3v) is 4.36. The second-order valence-electron chi connectivity index (χ2n) is 6.36.